The Balaban J connectivity index is 1.83. The highest BCUT2D eigenvalue weighted by molar-refractivity contribution is 7.99. The predicted molar refractivity (Wildman–Crippen MR) is 112 cm³/mol. The molecule has 0 atom stereocenters. The summed E-state index contributed by atoms with van der Waals surface area (Å²) in [6.45, 7) is 0. The molecular formula is C19H9Cl4NO2S. The monoisotopic (exact) mass is 455 g/mol. The second-order valence-corrected chi connectivity index (χ2v) is 8.32. The molecule has 0 saturated heterocycles. The summed E-state index contributed by atoms with van der Waals surface area (Å²) in [6, 6.07) is 15.3. The van der Waals surface area contributed by atoms with Crippen LogP contribution < -0.4 is 9.64 Å². The number of carbonyl (C=O) groups is 1. The quantitative estimate of drug-likeness (QED) is 0.370. The Morgan fingerprint density at radius 1 is 0.852 bits per heavy atom. The maximum Gasteiger partial charge on any atom is 0.424 e. The number of amides is 1. The van der Waals surface area contributed by atoms with Gasteiger partial charge in [0.15, 0.2) is 0 Å². The highest BCUT2D eigenvalue weighted by Gasteiger charge is 2.33. The Morgan fingerprint density at radius 2 is 1.52 bits per heavy atom. The number of anilines is 2. The third-order valence-corrected chi connectivity index (χ3v) is 6.23. The Hall–Kier alpha value is -1.56. The van der Waals surface area contributed by atoms with Crippen molar-refractivity contribution < 1.29 is 9.53 Å². The van der Waals surface area contributed by atoms with Gasteiger partial charge in [-0.15, -0.1) is 0 Å². The molecular weight excluding hydrogens is 448 g/mol. The number of halogens is 4. The smallest absolute Gasteiger partial charge is 0.410 e. The molecule has 1 amide bonds. The van der Waals surface area contributed by atoms with Crippen molar-refractivity contribution in [2.75, 3.05) is 4.90 Å². The van der Waals surface area contributed by atoms with Gasteiger partial charge in [0, 0.05) is 19.8 Å². The lowest BCUT2D eigenvalue weighted by atomic mass is 10.2. The van der Waals surface area contributed by atoms with Crippen LogP contribution in [0.3, 0.4) is 0 Å². The molecule has 0 aromatic heterocycles. The molecule has 27 heavy (non-hydrogen) atoms. The standard InChI is InChI=1S/C19H9Cl4NO2S/c20-10-1-4-12(5-2-10)26-19(25)24-14-9-11(21)3-7-15(14)27-16-8-6-13(22)17(23)18(16)24/h1-9H. The van der Waals surface area contributed by atoms with Gasteiger partial charge < -0.3 is 4.74 Å². The van der Waals surface area contributed by atoms with Gasteiger partial charge in [-0.25, -0.2) is 9.69 Å². The van der Waals surface area contributed by atoms with Crippen LogP contribution in [-0.4, -0.2) is 6.09 Å². The molecule has 3 aromatic rings. The van der Waals surface area contributed by atoms with Gasteiger partial charge in [-0.3, -0.25) is 0 Å². The van der Waals surface area contributed by atoms with Crippen LogP contribution in [0.15, 0.2) is 64.4 Å². The fraction of sp³-hybridized carbons (Fsp3) is 0. The van der Waals surface area contributed by atoms with E-state index in [0.717, 1.165) is 9.79 Å². The van der Waals surface area contributed by atoms with Gasteiger partial charge in [-0.2, -0.15) is 0 Å². The minimum atomic E-state index is -0.633. The number of rotatable bonds is 1. The molecule has 0 saturated carbocycles. The second-order valence-electron chi connectivity index (χ2n) is 5.58. The van der Waals surface area contributed by atoms with Gasteiger partial charge in [0.25, 0.3) is 0 Å². The molecule has 0 spiro atoms. The molecule has 1 heterocycles. The van der Waals surface area contributed by atoms with E-state index in [4.69, 9.17) is 51.1 Å². The van der Waals surface area contributed by atoms with Crippen LogP contribution >= 0.6 is 58.2 Å². The van der Waals surface area contributed by atoms with Crippen molar-refractivity contribution in [3.05, 3.63) is 74.7 Å². The van der Waals surface area contributed by atoms with Gasteiger partial charge in [-0.1, -0.05) is 58.2 Å². The minimum absolute atomic E-state index is 0.264. The summed E-state index contributed by atoms with van der Waals surface area (Å²) in [5, 5.41) is 1.63. The van der Waals surface area contributed by atoms with E-state index in [0.29, 0.717) is 32.2 Å². The van der Waals surface area contributed by atoms with Crippen LogP contribution in [0.25, 0.3) is 0 Å². The molecule has 0 radical (unpaired) electrons. The first-order valence-electron chi connectivity index (χ1n) is 7.67. The van der Waals surface area contributed by atoms with E-state index in [1.165, 1.54) is 16.7 Å². The molecule has 1 aliphatic heterocycles. The van der Waals surface area contributed by atoms with Crippen molar-refractivity contribution in [1.29, 1.82) is 0 Å². The van der Waals surface area contributed by atoms with Crippen LogP contribution in [0.4, 0.5) is 16.2 Å². The highest BCUT2D eigenvalue weighted by Crippen LogP contribution is 2.53. The SMILES string of the molecule is O=C(Oc1ccc(Cl)cc1)N1c2cc(Cl)ccc2Sc2ccc(Cl)c(Cl)c21. The molecule has 4 rings (SSSR count). The number of hydrogen-bond acceptors (Lipinski definition) is 3. The van der Waals surface area contributed by atoms with Crippen molar-refractivity contribution in [2.45, 2.75) is 9.79 Å². The van der Waals surface area contributed by atoms with Crippen molar-refractivity contribution in [2.24, 2.45) is 0 Å². The zero-order valence-electron chi connectivity index (χ0n) is 13.4. The molecule has 136 valence electrons. The summed E-state index contributed by atoms with van der Waals surface area (Å²) in [5.41, 5.74) is 1.03. The third-order valence-electron chi connectivity index (χ3n) is 3.84. The van der Waals surface area contributed by atoms with Gasteiger partial charge in [0.05, 0.1) is 21.4 Å². The lowest BCUT2D eigenvalue weighted by Gasteiger charge is -2.31. The van der Waals surface area contributed by atoms with Gasteiger partial charge >= 0.3 is 6.09 Å². The number of hydrogen-bond donors (Lipinski definition) is 0. The number of carbonyl (C=O) groups excluding carboxylic acids is 1. The zero-order valence-corrected chi connectivity index (χ0v) is 17.2. The average Bonchev–Trinajstić information content (AvgIpc) is 2.65. The maximum atomic E-state index is 13.1. The molecule has 3 aromatic carbocycles. The van der Waals surface area contributed by atoms with Gasteiger partial charge in [-0.05, 0) is 54.6 Å². The van der Waals surface area contributed by atoms with Crippen molar-refractivity contribution in [3.8, 4) is 5.75 Å². The number of nitrogens with zero attached hydrogens (tertiary/aromatic N) is 1. The van der Waals surface area contributed by atoms with Crippen LogP contribution in [0.1, 0.15) is 0 Å². The Kier molecular flexibility index (Phi) is 5.19. The van der Waals surface area contributed by atoms with Gasteiger partial charge in [0.1, 0.15) is 5.75 Å². The first-order valence-corrected chi connectivity index (χ1v) is 10.00. The third kappa shape index (κ3) is 3.60. The lowest BCUT2D eigenvalue weighted by Crippen LogP contribution is -2.31. The van der Waals surface area contributed by atoms with Crippen LogP contribution in [0.2, 0.25) is 20.1 Å². The first kappa shape index (κ1) is 18.8. The van der Waals surface area contributed by atoms with Gasteiger partial charge in [0.2, 0.25) is 0 Å². The van der Waals surface area contributed by atoms with E-state index in [2.05, 4.69) is 0 Å². The van der Waals surface area contributed by atoms with Crippen molar-refractivity contribution in [3.63, 3.8) is 0 Å². The number of fused-ring (bicyclic) bond motifs is 2. The van der Waals surface area contributed by atoms with Crippen LogP contribution in [-0.2, 0) is 0 Å². The topological polar surface area (TPSA) is 29.5 Å². The van der Waals surface area contributed by atoms with Crippen molar-refractivity contribution >= 4 is 75.6 Å². The highest BCUT2D eigenvalue weighted by atomic mass is 35.5. The predicted octanol–water partition coefficient (Wildman–Crippen LogP) is 8.10. The Labute approximate surface area is 179 Å². The molecule has 1 aliphatic rings. The van der Waals surface area contributed by atoms with Crippen molar-refractivity contribution in [1.82, 2.24) is 0 Å². The molecule has 0 N–H and O–H groups in total. The number of ether oxygens (including phenoxy) is 1. The molecule has 0 fully saturated rings. The summed E-state index contributed by atoms with van der Waals surface area (Å²) in [6.07, 6.45) is -0.633. The van der Waals surface area contributed by atoms with E-state index in [-0.39, 0.29) is 5.02 Å². The first-order chi connectivity index (χ1) is 12.9. The van der Waals surface area contributed by atoms with Crippen LogP contribution in [0.5, 0.6) is 5.75 Å². The fourth-order valence-corrected chi connectivity index (χ4v) is 4.45. The largest absolute Gasteiger partial charge is 0.424 e. The molecule has 0 unspecified atom stereocenters. The second kappa shape index (κ2) is 7.46. The number of benzene rings is 3. The molecule has 0 bridgehead atoms. The zero-order chi connectivity index (χ0) is 19.1. The Bertz CT molecular complexity index is 1060. The van der Waals surface area contributed by atoms with E-state index in [9.17, 15) is 4.79 Å². The molecule has 0 aliphatic carbocycles. The van der Waals surface area contributed by atoms with E-state index >= 15 is 0 Å². The summed E-state index contributed by atoms with van der Waals surface area (Å²) >= 11 is 26.1. The van der Waals surface area contributed by atoms with E-state index in [1.807, 2.05) is 12.1 Å². The summed E-state index contributed by atoms with van der Waals surface area (Å²) in [5.74, 6) is 0.353. The summed E-state index contributed by atoms with van der Waals surface area (Å²) in [7, 11) is 0. The fourth-order valence-electron chi connectivity index (χ4n) is 2.64. The average molecular weight is 457 g/mol. The molecule has 8 heteroatoms. The van der Waals surface area contributed by atoms with E-state index < -0.39 is 6.09 Å². The summed E-state index contributed by atoms with van der Waals surface area (Å²) in [4.78, 5) is 16.1. The Morgan fingerprint density at radius 3 is 2.26 bits per heavy atom. The lowest BCUT2D eigenvalue weighted by molar-refractivity contribution is 0.210. The van der Waals surface area contributed by atoms with E-state index in [1.54, 1.807) is 42.5 Å². The normalized spacial score (nSPS) is 12.4. The minimum Gasteiger partial charge on any atom is -0.410 e. The van der Waals surface area contributed by atoms with Crippen LogP contribution in [0, 0.1) is 0 Å². The summed E-state index contributed by atoms with van der Waals surface area (Å²) < 4.78 is 5.53. The molecule has 3 nitrogen and oxygen atoms in total. The maximum absolute atomic E-state index is 13.1.